The fourth-order valence-electron chi connectivity index (χ4n) is 3.47. The zero-order chi connectivity index (χ0) is 21.4. The average Bonchev–Trinajstić information content (AvgIpc) is 3.04. The highest BCUT2D eigenvalue weighted by molar-refractivity contribution is 9.10. The summed E-state index contributed by atoms with van der Waals surface area (Å²) in [7, 11) is 2.78. The van der Waals surface area contributed by atoms with E-state index in [0.29, 0.717) is 41.3 Å². The van der Waals surface area contributed by atoms with Crippen LogP contribution < -0.4 is 4.74 Å². The number of methoxy groups -OCH3 is 2. The number of carbonyl (C=O) groups excluding carboxylic acids is 1. The molecule has 6 nitrogen and oxygen atoms in total. The standard InChI is InChI=1S/C21H19BrF2N2O4/c1-28-18-7-12(21(27)29-2)6-17-20(18)25-19(26(17)10-13-3-4-30-13)8-11-5-16(24)14(22)9-15(11)23/h5-7,9,13H,3-4,8,10H2,1-2H3/t13-/m0/s1. The smallest absolute Gasteiger partial charge is 0.338 e. The first kappa shape index (κ1) is 20.7. The Hall–Kier alpha value is -2.52. The van der Waals surface area contributed by atoms with Gasteiger partial charge in [-0.2, -0.15) is 0 Å². The highest BCUT2D eigenvalue weighted by Gasteiger charge is 2.25. The van der Waals surface area contributed by atoms with Gasteiger partial charge in [-0.3, -0.25) is 0 Å². The average molecular weight is 481 g/mol. The Morgan fingerprint density at radius 1 is 1.27 bits per heavy atom. The van der Waals surface area contributed by atoms with Crippen molar-refractivity contribution < 1.29 is 27.8 Å². The van der Waals surface area contributed by atoms with Gasteiger partial charge < -0.3 is 18.8 Å². The summed E-state index contributed by atoms with van der Waals surface area (Å²) in [6.07, 6.45) is 0.933. The summed E-state index contributed by atoms with van der Waals surface area (Å²) in [5, 5.41) is 0. The molecule has 30 heavy (non-hydrogen) atoms. The lowest BCUT2D eigenvalue weighted by atomic mass is 10.1. The van der Waals surface area contributed by atoms with Crippen LogP contribution in [0.15, 0.2) is 28.7 Å². The SMILES string of the molecule is COC(=O)c1cc(OC)c2nc(Cc3cc(F)c(Br)cc3F)n(C[C@@H]3CCO3)c2c1. The lowest BCUT2D eigenvalue weighted by Gasteiger charge is -2.27. The van der Waals surface area contributed by atoms with Crippen molar-refractivity contribution in [2.75, 3.05) is 20.8 Å². The van der Waals surface area contributed by atoms with Crippen molar-refractivity contribution in [2.24, 2.45) is 0 Å². The number of fused-ring (bicyclic) bond motifs is 1. The van der Waals surface area contributed by atoms with Crippen LogP contribution in [-0.2, 0) is 22.4 Å². The number of nitrogens with zero attached hydrogens (tertiary/aromatic N) is 2. The number of ether oxygens (including phenoxy) is 3. The zero-order valence-corrected chi connectivity index (χ0v) is 18.0. The van der Waals surface area contributed by atoms with E-state index in [9.17, 15) is 13.6 Å². The summed E-state index contributed by atoms with van der Waals surface area (Å²) in [5.41, 5.74) is 1.65. The number of rotatable bonds is 6. The van der Waals surface area contributed by atoms with E-state index in [-0.39, 0.29) is 22.6 Å². The Kier molecular flexibility index (Phi) is 5.75. The topological polar surface area (TPSA) is 62.6 Å². The molecule has 0 amide bonds. The van der Waals surface area contributed by atoms with Gasteiger partial charge in [-0.05, 0) is 52.2 Å². The van der Waals surface area contributed by atoms with E-state index >= 15 is 0 Å². The quantitative estimate of drug-likeness (QED) is 0.389. The van der Waals surface area contributed by atoms with E-state index < -0.39 is 17.6 Å². The third-order valence-electron chi connectivity index (χ3n) is 5.16. The molecule has 2 aromatic carbocycles. The van der Waals surface area contributed by atoms with Gasteiger partial charge in [-0.1, -0.05) is 0 Å². The first-order chi connectivity index (χ1) is 14.4. The maximum absolute atomic E-state index is 14.5. The second-order valence-corrected chi connectivity index (χ2v) is 7.85. The molecule has 0 unspecified atom stereocenters. The molecule has 1 fully saturated rings. The molecular formula is C21H19BrF2N2O4. The number of esters is 1. The number of carbonyl (C=O) groups is 1. The van der Waals surface area contributed by atoms with E-state index in [2.05, 4.69) is 20.9 Å². The van der Waals surface area contributed by atoms with Crippen LogP contribution in [0.1, 0.15) is 28.2 Å². The van der Waals surface area contributed by atoms with Crippen LogP contribution >= 0.6 is 15.9 Å². The Morgan fingerprint density at radius 2 is 2.03 bits per heavy atom. The molecule has 1 atom stereocenters. The molecular weight excluding hydrogens is 462 g/mol. The van der Waals surface area contributed by atoms with E-state index in [1.807, 2.05) is 4.57 Å². The molecule has 0 saturated carbocycles. The lowest BCUT2D eigenvalue weighted by Crippen LogP contribution is -2.31. The molecule has 0 spiro atoms. The highest BCUT2D eigenvalue weighted by Crippen LogP contribution is 2.31. The van der Waals surface area contributed by atoms with Gasteiger partial charge in [0.2, 0.25) is 0 Å². The predicted molar refractivity (Wildman–Crippen MR) is 109 cm³/mol. The summed E-state index contributed by atoms with van der Waals surface area (Å²) in [6.45, 7) is 1.15. The summed E-state index contributed by atoms with van der Waals surface area (Å²) >= 11 is 2.99. The van der Waals surface area contributed by atoms with Crippen molar-refractivity contribution in [2.45, 2.75) is 25.5 Å². The molecule has 158 valence electrons. The number of imidazole rings is 1. The minimum absolute atomic E-state index is 0.0135. The second-order valence-electron chi connectivity index (χ2n) is 6.99. The number of benzene rings is 2. The van der Waals surface area contributed by atoms with E-state index in [4.69, 9.17) is 14.2 Å². The fourth-order valence-corrected chi connectivity index (χ4v) is 3.79. The van der Waals surface area contributed by atoms with Gasteiger partial charge >= 0.3 is 5.97 Å². The van der Waals surface area contributed by atoms with E-state index in [1.165, 1.54) is 14.2 Å². The monoisotopic (exact) mass is 480 g/mol. The molecule has 0 radical (unpaired) electrons. The minimum Gasteiger partial charge on any atom is -0.494 e. The van der Waals surface area contributed by atoms with Crippen LogP contribution in [-0.4, -0.2) is 42.5 Å². The Bertz CT molecular complexity index is 1130. The van der Waals surface area contributed by atoms with Gasteiger partial charge in [-0.25, -0.2) is 18.6 Å². The molecule has 2 heterocycles. The fraction of sp³-hybridized carbons (Fsp3) is 0.333. The summed E-state index contributed by atoms with van der Waals surface area (Å²) in [6, 6.07) is 5.47. The van der Waals surface area contributed by atoms with Crippen LogP contribution in [0.4, 0.5) is 8.78 Å². The van der Waals surface area contributed by atoms with Crippen LogP contribution in [0.25, 0.3) is 11.0 Å². The van der Waals surface area contributed by atoms with Gasteiger partial charge in [0.15, 0.2) is 0 Å². The van der Waals surface area contributed by atoms with E-state index in [1.54, 1.807) is 12.1 Å². The van der Waals surface area contributed by atoms with Gasteiger partial charge in [0.1, 0.15) is 28.7 Å². The summed E-state index contributed by atoms with van der Waals surface area (Å²) in [5.74, 6) is -0.692. The molecule has 1 aliphatic rings. The number of aromatic nitrogens is 2. The van der Waals surface area contributed by atoms with Crippen molar-refractivity contribution in [3.8, 4) is 5.75 Å². The highest BCUT2D eigenvalue weighted by atomic mass is 79.9. The molecule has 0 N–H and O–H groups in total. The van der Waals surface area contributed by atoms with Gasteiger partial charge in [-0.15, -0.1) is 0 Å². The van der Waals surface area contributed by atoms with Crippen molar-refractivity contribution >= 4 is 32.9 Å². The molecule has 9 heteroatoms. The van der Waals surface area contributed by atoms with E-state index in [0.717, 1.165) is 18.6 Å². The van der Waals surface area contributed by atoms with Crippen molar-refractivity contribution in [1.29, 1.82) is 0 Å². The molecule has 1 aliphatic heterocycles. The number of hydrogen-bond donors (Lipinski definition) is 0. The number of hydrogen-bond acceptors (Lipinski definition) is 5. The van der Waals surface area contributed by atoms with Gasteiger partial charge in [0.05, 0.1) is 42.4 Å². The molecule has 4 rings (SSSR count). The Morgan fingerprint density at radius 3 is 2.67 bits per heavy atom. The normalized spacial score (nSPS) is 15.8. The molecule has 0 aliphatic carbocycles. The predicted octanol–water partition coefficient (Wildman–Crippen LogP) is 4.25. The van der Waals surface area contributed by atoms with Crippen molar-refractivity contribution in [1.82, 2.24) is 9.55 Å². The van der Waals surface area contributed by atoms with Crippen LogP contribution in [0, 0.1) is 11.6 Å². The zero-order valence-electron chi connectivity index (χ0n) is 16.4. The Balaban J connectivity index is 1.86. The first-order valence-corrected chi connectivity index (χ1v) is 10.1. The second kappa shape index (κ2) is 8.31. The van der Waals surface area contributed by atoms with Crippen molar-refractivity contribution in [3.63, 3.8) is 0 Å². The van der Waals surface area contributed by atoms with Crippen LogP contribution in [0.5, 0.6) is 5.75 Å². The first-order valence-electron chi connectivity index (χ1n) is 9.31. The largest absolute Gasteiger partial charge is 0.494 e. The van der Waals surface area contributed by atoms with Crippen LogP contribution in [0.2, 0.25) is 0 Å². The van der Waals surface area contributed by atoms with Crippen molar-refractivity contribution in [3.05, 3.63) is 57.3 Å². The third kappa shape index (κ3) is 3.79. The van der Waals surface area contributed by atoms with Gasteiger partial charge in [0.25, 0.3) is 0 Å². The Labute approximate surface area is 179 Å². The lowest BCUT2D eigenvalue weighted by molar-refractivity contribution is -0.0589. The third-order valence-corrected chi connectivity index (χ3v) is 5.76. The van der Waals surface area contributed by atoms with Gasteiger partial charge in [0, 0.05) is 13.0 Å². The maximum atomic E-state index is 14.5. The molecule has 0 bridgehead atoms. The minimum atomic E-state index is -0.554. The number of halogens is 3. The molecule has 1 aromatic heterocycles. The molecule has 3 aromatic rings. The summed E-state index contributed by atoms with van der Waals surface area (Å²) in [4.78, 5) is 16.7. The summed E-state index contributed by atoms with van der Waals surface area (Å²) < 4.78 is 46.2. The van der Waals surface area contributed by atoms with Crippen LogP contribution in [0.3, 0.4) is 0 Å². The molecule has 1 saturated heterocycles. The maximum Gasteiger partial charge on any atom is 0.338 e.